The lowest BCUT2D eigenvalue weighted by atomic mass is 9.99. The van der Waals surface area contributed by atoms with E-state index in [-0.39, 0.29) is 29.9 Å². The van der Waals surface area contributed by atoms with Crippen LogP contribution in [0, 0.1) is 11.8 Å². The van der Waals surface area contributed by atoms with Crippen LogP contribution in [0.1, 0.15) is 69.7 Å². The van der Waals surface area contributed by atoms with Gasteiger partial charge in [-0.25, -0.2) is 0 Å². The van der Waals surface area contributed by atoms with E-state index in [9.17, 15) is 9.59 Å². The molecule has 190 valence electrons. The van der Waals surface area contributed by atoms with Gasteiger partial charge in [0.2, 0.25) is 5.91 Å². The molecule has 34 heavy (non-hydrogen) atoms. The Hall–Kier alpha value is -2.12. The predicted octanol–water partition coefficient (Wildman–Crippen LogP) is 4.42. The summed E-state index contributed by atoms with van der Waals surface area (Å²) in [4.78, 5) is 29.7. The number of ether oxygens (including phenoxy) is 2. The van der Waals surface area contributed by atoms with Crippen molar-refractivity contribution in [2.75, 3.05) is 45.7 Å². The van der Waals surface area contributed by atoms with Crippen molar-refractivity contribution in [2.45, 2.75) is 71.4 Å². The first-order valence-electron chi connectivity index (χ1n) is 12.9. The molecule has 7 nitrogen and oxygen atoms in total. The van der Waals surface area contributed by atoms with E-state index in [4.69, 9.17) is 9.47 Å². The smallest absolute Gasteiger partial charge is 0.257 e. The summed E-state index contributed by atoms with van der Waals surface area (Å²) in [5, 5.41) is 2.92. The zero-order valence-electron chi connectivity index (χ0n) is 21.6. The Kier molecular flexibility index (Phi) is 9.77. The second-order valence-electron chi connectivity index (χ2n) is 10.2. The molecule has 1 heterocycles. The van der Waals surface area contributed by atoms with Crippen molar-refractivity contribution in [2.24, 2.45) is 11.8 Å². The molecule has 1 aromatic carbocycles. The Morgan fingerprint density at radius 1 is 1.21 bits per heavy atom. The molecule has 0 unspecified atom stereocenters. The third kappa shape index (κ3) is 6.95. The molecule has 0 spiro atoms. The largest absolute Gasteiger partial charge is 0.491 e. The minimum Gasteiger partial charge on any atom is -0.491 e. The number of hydrogen-bond acceptors (Lipinski definition) is 5. The Morgan fingerprint density at radius 3 is 2.62 bits per heavy atom. The molecule has 1 N–H and O–H groups in total. The maximum atomic E-state index is 13.3. The summed E-state index contributed by atoms with van der Waals surface area (Å²) in [6, 6.07) is 5.51. The molecule has 3 atom stereocenters. The second kappa shape index (κ2) is 12.5. The standard InChI is InChI=1S/C27H43N3O4/c1-6-9-26(31)28-22-12-13-23-24(14-22)34-18-20(3)30(16-21-10-7-8-11-21)15-19(2)25(33-5)17-29(4)27(23)32/h12-14,19-21,25H,6-11,15-18H2,1-5H3,(H,28,31)/t19-,20+,25+/m0/s1. The van der Waals surface area contributed by atoms with Gasteiger partial charge in [0.1, 0.15) is 12.4 Å². The van der Waals surface area contributed by atoms with Crippen LogP contribution in [0.4, 0.5) is 5.69 Å². The van der Waals surface area contributed by atoms with Gasteiger partial charge < -0.3 is 19.7 Å². The molecule has 7 heteroatoms. The third-order valence-corrected chi connectivity index (χ3v) is 7.30. The van der Waals surface area contributed by atoms with Gasteiger partial charge in [-0.15, -0.1) is 0 Å². The monoisotopic (exact) mass is 473 g/mol. The zero-order valence-corrected chi connectivity index (χ0v) is 21.6. The second-order valence-corrected chi connectivity index (χ2v) is 10.2. The fourth-order valence-corrected chi connectivity index (χ4v) is 5.15. The number of hydrogen-bond donors (Lipinski definition) is 1. The average Bonchev–Trinajstić information content (AvgIpc) is 3.32. The normalized spacial score (nSPS) is 25.3. The highest BCUT2D eigenvalue weighted by Crippen LogP contribution is 2.29. The summed E-state index contributed by atoms with van der Waals surface area (Å²) in [5.74, 6) is 1.39. The molecular formula is C27H43N3O4. The number of anilines is 1. The molecule has 0 saturated heterocycles. The number of carbonyl (C=O) groups excluding carboxylic acids is 2. The number of amides is 2. The molecule has 1 aliphatic carbocycles. The molecule has 0 bridgehead atoms. The Balaban J connectivity index is 1.88. The van der Waals surface area contributed by atoms with Crippen LogP contribution in [0.5, 0.6) is 5.75 Å². The summed E-state index contributed by atoms with van der Waals surface area (Å²) < 4.78 is 12.1. The molecule has 2 aliphatic rings. The van der Waals surface area contributed by atoms with Gasteiger partial charge in [0.15, 0.2) is 0 Å². The quantitative estimate of drug-likeness (QED) is 0.662. The Bertz CT molecular complexity index is 824. The van der Waals surface area contributed by atoms with Crippen LogP contribution in [0.25, 0.3) is 0 Å². The van der Waals surface area contributed by atoms with E-state index in [2.05, 4.69) is 24.1 Å². The third-order valence-electron chi connectivity index (χ3n) is 7.30. The van der Waals surface area contributed by atoms with Gasteiger partial charge in [0.05, 0.1) is 11.7 Å². The van der Waals surface area contributed by atoms with Gasteiger partial charge in [-0.3, -0.25) is 14.5 Å². The SMILES string of the molecule is CCCC(=O)Nc1ccc2c(c1)OC[C@@H](C)N(CC1CCCC1)C[C@H](C)[C@H](OC)CN(C)C2=O. The summed E-state index contributed by atoms with van der Waals surface area (Å²) in [6.45, 7) is 9.36. The first-order valence-corrected chi connectivity index (χ1v) is 12.9. The molecule has 3 rings (SSSR count). The number of fused-ring (bicyclic) bond motifs is 1. The molecule has 1 aliphatic heterocycles. The first-order chi connectivity index (χ1) is 16.3. The minimum atomic E-state index is -0.105. The number of benzene rings is 1. The number of carbonyl (C=O) groups is 2. The summed E-state index contributed by atoms with van der Waals surface area (Å²) in [5.41, 5.74) is 1.16. The number of methoxy groups -OCH3 is 1. The molecular weight excluding hydrogens is 430 g/mol. The van der Waals surface area contributed by atoms with E-state index in [1.807, 2.05) is 14.0 Å². The maximum absolute atomic E-state index is 13.3. The van der Waals surface area contributed by atoms with Crippen LogP contribution in [-0.2, 0) is 9.53 Å². The van der Waals surface area contributed by atoms with Crippen molar-refractivity contribution in [3.05, 3.63) is 23.8 Å². The van der Waals surface area contributed by atoms with Gasteiger partial charge in [-0.05, 0) is 50.2 Å². The Morgan fingerprint density at radius 2 is 1.94 bits per heavy atom. The van der Waals surface area contributed by atoms with Crippen molar-refractivity contribution in [3.63, 3.8) is 0 Å². The Labute approximate surface area is 205 Å². The lowest BCUT2D eigenvalue weighted by Gasteiger charge is -2.37. The molecule has 2 amide bonds. The van der Waals surface area contributed by atoms with E-state index < -0.39 is 0 Å². The molecule has 1 aromatic rings. The molecule has 1 fully saturated rings. The number of likely N-dealkylation sites (N-methyl/N-ethyl adjacent to an activating group) is 1. The molecule has 0 aromatic heterocycles. The van der Waals surface area contributed by atoms with E-state index in [0.29, 0.717) is 36.6 Å². The van der Waals surface area contributed by atoms with Crippen LogP contribution in [0.3, 0.4) is 0 Å². The fourth-order valence-electron chi connectivity index (χ4n) is 5.15. The van der Waals surface area contributed by atoms with Crippen LogP contribution in [0.2, 0.25) is 0 Å². The highest BCUT2D eigenvalue weighted by atomic mass is 16.5. The first kappa shape index (κ1) is 26.5. The maximum Gasteiger partial charge on any atom is 0.257 e. The van der Waals surface area contributed by atoms with Crippen molar-refractivity contribution < 1.29 is 19.1 Å². The van der Waals surface area contributed by atoms with E-state index in [0.717, 1.165) is 25.4 Å². The number of nitrogens with one attached hydrogen (secondary N) is 1. The van der Waals surface area contributed by atoms with Gasteiger partial charge in [0.25, 0.3) is 5.91 Å². The lowest BCUT2D eigenvalue weighted by Crippen LogP contribution is -2.47. The van der Waals surface area contributed by atoms with Crippen molar-refractivity contribution in [1.29, 1.82) is 0 Å². The number of nitrogens with zero attached hydrogens (tertiary/aromatic N) is 2. The van der Waals surface area contributed by atoms with Gasteiger partial charge in [-0.2, -0.15) is 0 Å². The van der Waals surface area contributed by atoms with Crippen molar-refractivity contribution in [1.82, 2.24) is 9.80 Å². The summed E-state index contributed by atoms with van der Waals surface area (Å²) in [7, 11) is 3.55. The summed E-state index contributed by atoms with van der Waals surface area (Å²) >= 11 is 0. The zero-order chi connectivity index (χ0) is 24.7. The topological polar surface area (TPSA) is 71.1 Å². The average molecular weight is 474 g/mol. The van der Waals surface area contributed by atoms with E-state index in [1.54, 1.807) is 30.2 Å². The van der Waals surface area contributed by atoms with E-state index in [1.165, 1.54) is 25.7 Å². The van der Waals surface area contributed by atoms with Gasteiger partial charge >= 0.3 is 0 Å². The molecule has 1 saturated carbocycles. The van der Waals surface area contributed by atoms with E-state index >= 15 is 0 Å². The highest BCUT2D eigenvalue weighted by molar-refractivity contribution is 5.98. The van der Waals surface area contributed by atoms with Crippen LogP contribution in [-0.4, -0.2) is 74.2 Å². The van der Waals surface area contributed by atoms with Crippen molar-refractivity contribution >= 4 is 17.5 Å². The van der Waals surface area contributed by atoms with Crippen LogP contribution in [0.15, 0.2) is 18.2 Å². The lowest BCUT2D eigenvalue weighted by molar-refractivity contribution is -0.116. The van der Waals surface area contributed by atoms with Crippen LogP contribution >= 0.6 is 0 Å². The number of rotatable bonds is 6. The van der Waals surface area contributed by atoms with Crippen LogP contribution < -0.4 is 10.1 Å². The molecule has 0 radical (unpaired) electrons. The van der Waals surface area contributed by atoms with Crippen molar-refractivity contribution in [3.8, 4) is 5.75 Å². The fraction of sp³-hybridized carbons (Fsp3) is 0.704. The van der Waals surface area contributed by atoms with Gasteiger partial charge in [0, 0.05) is 58.0 Å². The van der Waals surface area contributed by atoms with Gasteiger partial charge in [-0.1, -0.05) is 26.7 Å². The minimum absolute atomic E-state index is 0.0351. The summed E-state index contributed by atoms with van der Waals surface area (Å²) in [6.07, 6.45) is 6.44. The predicted molar refractivity (Wildman–Crippen MR) is 135 cm³/mol. The highest BCUT2D eigenvalue weighted by Gasteiger charge is 2.30.